The quantitative estimate of drug-likeness (QED) is 0.496. The van der Waals surface area contributed by atoms with Crippen LogP contribution in [0.15, 0.2) is 59.4 Å². The Morgan fingerprint density at radius 1 is 1.13 bits per heavy atom. The number of aryl methyl sites for hydroxylation is 1. The molecule has 0 radical (unpaired) electrons. The maximum Gasteiger partial charge on any atom is 0.342 e. The van der Waals surface area contributed by atoms with E-state index in [0.29, 0.717) is 28.6 Å². The van der Waals surface area contributed by atoms with Gasteiger partial charge >= 0.3 is 5.97 Å². The minimum absolute atomic E-state index is 0.0507. The highest BCUT2D eigenvalue weighted by Crippen LogP contribution is 2.24. The highest BCUT2D eigenvalue weighted by molar-refractivity contribution is 5.94. The molecule has 0 saturated carbocycles. The number of benzene rings is 2. The Hall–Kier alpha value is -3.94. The fraction of sp³-hybridized carbons (Fsp3) is 0.182. The number of ether oxygens (including phenoxy) is 2. The molecule has 0 spiro atoms. The SMILES string of the molecule is CCOC(=O)c1c(C)cccc1OCc1cc(=O)n2nc(-c3ccccc3)nc2[nH]1. The summed E-state index contributed by atoms with van der Waals surface area (Å²) in [6.07, 6.45) is 0. The van der Waals surface area contributed by atoms with Gasteiger partial charge in [0.2, 0.25) is 5.78 Å². The van der Waals surface area contributed by atoms with Crippen molar-refractivity contribution in [3.63, 3.8) is 0 Å². The van der Waals surface area contributed by atoms with Crippen LogP contribution in [0.1, 0.15) is 28.5 Å². The second-order valence-electron chi connectivity index (χ2n) is 6.63. The molecule has 0 unspecified atom stereocenters. The molecule has 0 aliphatic carbocycles. The first kappa shape index (κ1) is 19.4. The first-order valence-electron chi connectivity index (χ1n) is 9.50. The molecule has 0 bridgehead atoms. The van der Waals surface area contributed by atoms with E-state index in [1.54, 1.807) is 19.1 Å². The molecule has 0 aliphatic rings. The Bertz CT molecular complexity index is 1260. The van der Waals surface area contributed by atoms with Gasteiger partial charge in [-0.3, -0.25) is 4.79 Å². The van der Waals surface area contributed by atoms with Crippen molar-refractivity contribution in [2.75, 3.05) is 6.61 Å². The molecule has 152 valence electrons. The number of H-pyrrole nitrogens is 1. The third-order valence-electron chi connectivity index (χ3n) is 4.52. The Morgan fingerprint density at radius 3 is 2.70 bits per heavy atom. The van der Waals surface area contributed by atoms with Gasteiger partial charge in [0, 0.05) is 11.6 Å². The second-order valence-corrected chi connectivity index (χ2v) is 6.63. The molecule has 2 aromatic heterocycles. The number of rotatable bonds is 6. The Balaban J connectivity index is 1.62. The molecule has 30 heavy (non-hydrogen) atoms. The molecule has 0 fully saturated rings. The lowest BCUT2D eigenvalue weighted by Gasteiger charge is -2.13. The number of nitrogens with zero attached hydrogens (tertiary/aromatic N) is 3. The van der Waals surface area contributed by atoms with Crippen LogP contribution in [0.3, 0.4) is 0 Å². The number of aromatic nitrogens is 4. The molecule has 4 rings (SSSR count). The third kappa shape index (κ3) is 3.80. The predicted octanol–water partition coefficient (Wildman–Crippen LogP) is 3.15. The summed E-state index contributed by atoms with van der Waals surface area (Å²) in [5.41, 5.74) is 2.12. The van der Waals surface area contributed by atoms with Crippen molar-refractivity contribution >= 4 is 11.7 Å². The number of hydrogen-bond acceptors (Lipinski definition) is 6. The lowest BCUT2D eigenvalue weighted by atomic mass is 10.1. The molecule has 0 saturated heterocycles. The molecule has 2 heterocycles. The summed E-state index contributed by atoms with van der Waals surface area (Å²) >= 11 is 0. The van der Waals surface area contributed by atoms with Gasteiger partial charge in [0.25, 0.3) is 5.56 Å². The summed E-state index contributed by atoms with van der Waals surface area (Å²) < 4.78 is 12.2. The van der Waals surface area contributed by atoms with Gasteiger partial charge in [0.1, 0.15) is 17.9 Å². The minimum Gasteiger partial charge on any atom is -0.486 e. The van der Waals surface area contributed by atoms with Gasteiger partial charge in [-0.05, 0) is 25.5 Å². The third-order valence-corrected chi connectivity index (χ3v) is 4.52. The Morgan fingerprint density at radius 2 is 1.93 bits per heavy atom. The van der Waals surface area contributed by atoms with Crippen LogP contribution >= 0.6 is 0 Å². The molecule has 0 amide bonds. The number of carbonyl (C=O) groups excluding carboxylic acids is 1. The van der Waals surface area contributed by atoms with Crippen LogP contribution < -0.4 is 10.3 Å². The van der Waals surface area contributed by atoms with Gasteiger partial charge in [0.05, 0.1) is 12.3 Å². The van der Waals surface area contributed by atoms with Crippen LogP contribution in [-0.4, -0.2) is 32.2 Å². The highest BCUT2D eigenvalue weighted by atomic mass is 16.5. The van der Waals surface area contributed by atoms with Gasteiger partial charge in [-0.2, -0.15) is 9.50 Å². The van der Waals surface area contributed by atoms with Crippen molar-refractivity contribution in [1.29, 1.82) is 0 Å². The largest absolute Gasteiger partial charge is 0.486 e. The van der Waals surface area contributed by atoms with E-state index >= 15 is 0 Å². The number of esters is 1. The fourth-order valence-corrected chi connectivity index (χ4v) is 3.11. The summed E-state index contributed by atoms with van der Waals surface area (Å²) in [5.74, 6) is 0.709. The Labute approximate surface area is 172 Å². The number of carbonyl (C=O) groups is 1. The number of nitrogens with one attached hydrogen (secondary N) is 1. The molecule has 8 heteroatoms. The van der Waals surface area contributed by atoms with Crippen molar-refractivity contribution in [2.45, 2.75) is 20.5 Å². The van der Waals surface area contributed by atoms with Gasteiger partial charge in [-0.1, -0.05) is 42.5 Å². The topological polar surface area (TPSA) is 98.6 Å². The van der Waals surface area contributed by atoms with E-state index in [9.17, 15) is 9.59 Å². The maximum atomic E-state index is 12.5. The van der Waals surface area contributed by atoms with E-state index in [0.717, 1.165) is 11.1 Å². The summed E-state index contributed by atoms with van der Waals surface area (Å²) in [7, 11) is 0. The minimum atomic E-state index is -0.445. The van der Waals surface area contributed by atoms with Gasteiger partial charge < -0.3 is 14.5 Å². The normalized spacial score (nSPS) is 10.9. The van der Waals surface area contributed by atoms with Gasteiger partial charge in [-0.15, -0.1) is 5.10 Å². The zero-order valence-electron chi connectivity index (χ0n) is 16.6. The number of aromatic amines is 1. The highest BCUT2D eigenvalue weighted by Gasteiger charge is 2.17. The van der Waals surface area contributed by atoms with Crippen molar-refractivity contribution < 1.29 is 14.3 Å². The van der Waals surface area contributed by atoms with Crippen molar-refractivity contribution in [2.24, 2.45) is 0 Å². The number of fused-ring (bicyclic) bond motifs is 1. The average Bonchev–Trinajstić information content (AvgIpc) is 3.18. The predicted molar refractivity (Wildman–Crippen MR) is 111 cm³/mol. The summed E-state index contributed by atoms with van der Waals surface area (Å²) in [6, 6.07) is 16.1. The smallest absolute Gasteiger partial charge is 0.342 e. The molecular formula is C22H20N4O4. The van der Waals surface area contributed by atoms with Crippen LogP contribution in [0, 0.1) is 6.92 Å². The van der Waals surface area contributed by atoms with E-state index < -0.39 is 5.97 Å². The van der Waals surface area contributed by atoms with Crippen LogP contribution in [0.5, 0.6) is 5.75 Å². The fourth-order valence-electron chi connectivity index (χ4n) is 3.11. The van der Waals surface area contributed by atoms with E-state index in [4.69, 9.17) is 9.47 Å². The van der Waals surface area contributed by atoms with Crippen LogP contribution in [0.2, 0.25) is 0 Å². The molecule has 0 aliphatic heterocycles. The van der Waals surface area contributed by atoms with Crippen molar-refractivity contribution in [3.05, 3.63) is 81.8 Å². The average molecular weight is 404 g/mol. The zero-order valence-corrected chi connectivity index (χ0v) is 16.6. The summed E-state index contributed by atoms with van der Waals surface area (Å²) in [4.78, 5) is 32.2. The van der Waals surface area contributed by atoms with Gasteiger partial charge in [-0.25, -0.2) is 4.79 Å². The standard InChI is InChI=1S/C22H20N4O4/c1-3-29-21(28)19-14(2)8-7-11-17(19)30-13-16-12-18(27)26-22(23-16)24-20(25-26)15-9-5-4-6-10-15/h4-12H,3,13H2,1-2H3,(H,23,24,25). The van der Waals surface area contributed by atoms with Crippen LogP contribution in [-0.2, 0) is 11.3 Å². The molecule has 8 nitrogen and oxygen atoms in total. The van der Waals surface area contributed by atoms with Crippen LogP contribution in [0.4, 0.5) is 0 Å². The first-order valence-corrected chi connectivity index (χ1v) is 9.50. The molecule has 2 aromatic carbocycles. The van der Waals surface area contributed by atoms with Crippen LogP contribution in [0.25, 0.3) is 17.2 Å². The monoisotopic (exact) mass is 404 g/mol. The summed E-state index contributed by atoms with van der Waals surface area (Å²) in [6.45, 7) is 3.88. The molecular weight excluding hydrogens is 384 g/mol. The van der Waals surface area contributed by atoms with E-state index in [1.807, 2.05) is 43.3 Å². The van der Waals surface area contributed by atoms with E-state index in [2.05, 4.69) is 15.1 Å². The first-order chi connectivity index (χ1) is 14.6. The van der Waals surface area contributed by atoms with Crippen molar-refractivity contribution in [3.8, 4) is 17.1 Å². The lowest BCUT2D eigenvalue weighted by Crippen LogP contribution is -2.17. The molecule has 4 aromatic rings. The molecule has 0 atom stereocenters. The van der Waals surface area contributed by atoms with Gasteiger partial charge in [0.15, 0.2) is 5.82 Å². The maximum absolute atomic E-state index is 12.5. The second kappa shape index (κ2) is 8.20. The van der Waals surface area contributed by atoms with E-state index in [-0.39, 0.29) is 18.8 Å². The summed E-state index contributed by atoms with van der Waals surface area (Å²) in [5, 5.41) is 4.27. The van der Waals surface area contributed by atoms with Crippen molar-refractivity contribution in [1.82, 2.24) is 19.6 Å². The van der Waals surface area contributed by atoms with E-state index in [1.165, 1.54) is 10.6 Å². The Kier molecular flexibility index (Phi) is 5.30. The number of hydrogen-bond donors (Lipinski definition) is 1. The zero-order chi connectivity index (χ0) is 21.1. The lowest BCUT2D eigenvalue weighted by molar-refractivity contribution is 0.0520. The molecule has 1 N–H and O–H groups in total.